The van der Waals surface area contributed by atoms with Crippen molar-refractivity contribution in [1.29, 1.82) is 0 Å². The van der Waals surface area contributed by atoms with Crippen LogP contribution in [0.25, 0.3) is 22.3 Å². The standard InChI is InChI=1S/C22H23N5O/c1-14-4-9-17(10-20(14)28)25-21-18-11-19(26-22(18)24-13-23-21)16-7-5-15(6-8-16)12-27(2)3/h4-11,13,28H,12H2,1-3H3,(H2,23,24,25,26). The number of aromatic amines is 1. The van der Waals surface area contributed by atoms with Gasteiger partial charge in [0.25, 0.3) is 0 Å². The van der Waals surface area contributed by atoms with Crippen LogP contribution in [0, 0.1) is 6.92 Å². The fourth-order valence-electron chi connectivity index (χ4n) is 3.17. The Balaban J connectivity index is 1.65. The predicted octanol–water partition coefficient (Wildman–Crippen LogP) is 4.44. The van der Waals surface area contributed by atoms with Gasteiger partial charge < -0.3 is 20.3 Å². The SMILES string of the molecule is Cc1ccc(Nc2ncnc3[nH]c(-c4ccc(CN(C)C)cc4)cc23)cc1O. The second-order valence-corrected chi connectivity index (χ2v) is 7.23. The molecule has 4 aromatic rings. The van der Waals surface area contributed by atoms with E-state index < -0.39 is 0 Å². The van der Waals surface area contributed by atoms with Crippen LogP contribution < -0.4 is 5.32 Å². The highest BCUT2D eigenvalue weighted by Gasteiger charge is 2.10. The van der Waals surface area contributed by atoms with Gasteiger partial charge >= 0.3 is 0 Å². The van der Waals surface area contributed by atoms with Gasteiger partial charge in [0.2, 0.25) is 0 Å². The van der Waals surface area contributed by atoms with Crippen molar-refractivity contribution in [2.45, 2.75) is 13.5 Å². The van der Waals surface area contributed by atoms with Crippen molar-refractivity contribution >= 4 is 22.5 Å². The summed E-state index contributed by atoms with van der Waals surface area (Å²) in [6.07, 6.45) is 1.53. The van der Waals surface area contributed by atoms with E-state index >= 15 is 0 Å². The quantitative estimate of drug-likeness (QED) is 0.482. The van der Waals surface area contributed by atoms with Gasteiger partial charge in [0.05, 0.1) is 5.39 Å². The Morgan fingerprint density at radius 2 is 1.82 bits per heavy atom. The lowest BCUT2D eigenvalue weighted by Crippen LogP contribution is -2.10. The zero-order valence-electron chi connectivity index (χ0n) is 16.2. The summed E-state index contributed by atoms with van der Waals surface area (Å²) in [7, 11) is 4.12. The molecule has 28 heavy (non-hydrogen) atoms. The zero-order chi connectivity index (χ0) is 19.7. The molecular weight excluding hydrogens is 350 g/mol. The molecule has 0 aliphatic rings. The largest absolute Gasteiger partial charge is 0.508 e. The minimum Gasteiger partial charge on any atom is -0.508 e. The maximum atomic E-state index is 9.94. The van der Waals surface area contributed by atoms with Crippen LogP contribution >= 0.6 is 0 Å². The molecule has 6 heteroatoms. The molecule has 0 bridgehead atoms. The van der Waals surface area contributed by atoms with Crippen LogP contribution in [0.3, 0.4) is 0 Å². The number of H-pyrrole nitrogens is 1. The molecule has 2 heterocycles. The number of nitrogens with one attached hydrogen (secondary N) is 2. The number of aromatic nitrogens is 3. The molecule has 2 aromatic carbocycles. The van der Waals surface area contributed by atoms with E-state index in [4.69, 9.17) is 0 Å². The van der Waals surface area contributed by atoms with Crippen LogP contribution in [-0.2, 0) is 6.54 Å². The number of aryl methyl sites for hydroxylation is 1. The van der Waals surface area contributed by atoms with E-state index in [1.54, 1.807) is 6.07 Å². The highest BCUT2D eigenvalue weighted by Crippen LogP contribution is 2.30. The number of fused-ring (bicyclic) bond motifs is 1. The maximum absolute atomic E-state index is 9.94. The van der Waals surface area contributed by atoms with Gasteiger partial charge in [0.1, 0.15) is 23.5 Å². The summed E-state index contributed by atoms with van der Waals surface area (Å²) in [4.78, 5) is 14.2. The minimum absolute atomic E-state index is 0.253. The summed E-state index contributed by atoms with van der Waals surface area (Å²) in [5, 5.41) is 14.1. The molecule has 0 amide bonds. The molecule has 6 nitrogen and oxygen atoms in total. The van der Waals surface area contributed by atoms with Crippen LogP contribution in [0.15, 0.2) is 54.9 Å². The topological polar surface area (TPSA) is 77.1 Å². The lowest BCUT2D eigenvalue weighted by molar-refractivity contribution is 0.402. The normalized spacial score (nSPS) is 11.3. The number of aromatic hydroxyl groups is 1. The van der Waals surface area contributed by atoms with Crippen LogP contribution in [0.1, 0.15) is 11.1 Å². The van der Waals surface area contributed by atoms with Crippen molar-refractivity contribution in [3.05, 3.63) is 66.0 Å². The van der Waals surface area contributed by atoms with Crippen molar-refractivity contribution in [1.82, 2.24) is 19.9 Å². The summed E-state index contributed by atoms with van der Waals surface area (Å²) >= 11 is 0. The van der Waals surface area contributed by atoms with Crippen molar-refractivity contribution < 1.29 is 5.11 Å². The average molecular weight is 373 g/mol. The number of benzene rings is 2. The lowest BCUT2D eigenvalue weighted by Gasteiger charge is -2.09. The monoisotopic (exact) mass is 373 g/mol. The summed E-state index contributed by atoms with van der Waals surface area (Å²) in [6.45, 7) is 2.78. The minimum atomic E-state index is 0.253. The van der Waals surface area contributed by atoms with Gasteiger partial charge in [0.15, 0.2) is 0 Å². The summed E-state index contributed by atoms with van der Waals surface area (Å²) < 4.78 is 0. The van der Waals surface area contributed by atoms with Crippen molar-refractivity contribution in [2.24, 2.45) is 0 Å². The first-order valence-electron chi connectivity index (χ1n) is 9.14. The smallest absolute Gasteiger partial charge is 0.143 e. The predicted molar refractivity (Wildman–Crippen MR) is 113 cm³/mol. The first-order chi connectivity index (χ1) is 13.5. The maximum Gasteiger partial charge on any atom is 0.143 e. The van der Waals surface area contributed by atoms with E-state index in [1.807, 2.05) is 25.1 Å². The van der Waals surface area contributed by atoms with Crippen molar-refractivity contribution in [3.63, 3.8) is 0 Å². The Labute approximate surface area is 163 Å². The zero-order valence-corrected chi connectivity index (χ0v) is 16.2. The molecule has 0 atom stereocenters. The van der Waals surface area contributed by atoms with E-state index in [0.717, 1.165) is 40.1 Å². The molecule has 142 valence electrons. The molecular formula is C22H23N5O. The molecule has 3 N–H and O–H groups in total. The Morgan fingerprint density at radius 1 is 1.04 bits per heavy atom. The third-order valence-corrected chi connectivity index (χ3v) is 4.66. The lowest BCUT2D eigenvalue weighted by atomic mass is 10.1. The third kappa shape index (κ3) is 3.68. The van der Waals surface area contributed by atoms with Crippen molar-refractivity contribution in [3.8, 4) is 17.0 Å². The van der Waals surface area contributed by atoms with E-state index in [1.165, 1.54) is 11.9 Å². The van der Waals surface area contributed by atoms with Crippen molar-refractivity contribution in [2.75, 3.05) is 19.4 Å². The molecule has 0 unspecified atom stereocenters. The number of anilines is 2. The molecule has 0 aliphatic heterocycles. The van der Waals surface area contributed by atoms with Crippen LogP contribution in [0.4, 0.5) is 11.5 Å². The molecule has 0 saturated heterocycles. The van der Waals surface area contributed by atoms with Gasteiger partial charge in [-0.3, -0.25) is 0 Å². The molecule has 0 saturated carbocycles. The number of nitrogens with zero attached hydrogens (tertiary/aromatic N) is 3. The molecule has 2 aromatic heterocycles. The van der Waals surface area contributed by atoms with Crippen LogP contribution in [0.2, 0.25) is 0 Å². The summed E-state index contributed by atoms with van der Waals surface area (Å²) in [6, 6.07) is 16.0. The highest BCUT2D eigenvalue weighted by molar-refractivity contribution is 5.93. The Hall–Kier alpha value is -3.38. The van der Waals surface area contributed by atoms with Gasteiger partial charge in [-0.15, -0.1) is 0 Å². The first-order valence-corrected chi connectivity index (χ1v) is 9.14. The number of phenols is 1. The fraction of sp³-hybridized carbons (Fsp3) is 0.182. The first kappa shape index (κ1) is 18.0. The number of phenolic OH excluding ortho intramolecular Hbond substituents is 1. The number of rotatable bonds is 5. The van der Waals surface area contributed by atoms with Gasteiger partial charge in [-0.1, -0.05) is 30.3 Å². The van der Waals surface area contributed by atoms with E-state index in [-0.39, 0.29) is 5.75 Å². The Morgan fingerprint density at radius 3 is 2.54 bits per heavy atom. The van der Waals surface area contributed by atoms with Crippen LogP contribution in [-0.4, -0.2) is 39.1 Å². The summed E-state index contributed by atoms with van der Waals surface area (Å²) in [5.41, 5.74) is 5.73. The fourth-order valence-corrected chi connectivity index (χ4v) is 3.17. The second kappa shape index (κ2) is 7.32. The highest BCUT2D eigenvalue weighted by atomic mass is 16.3. The van der Waals surface area contributed by atoms with Gasteiger partial charge in [-0.25, -0.2) is 9.97 Å². The Bertz CT molecular complexity index is 1120. The second-order valence-electron chi connectivity index (χ2n) is 7.23. The average Bonchev–Trinajstić information content (AvgIpc) is 3.10. The number of hydrogen-bond acceptors (Lipinski definition) is 5. The van der Waals surface area contributed by atoms with E-state index in [9.17, 15) is 5.11 Å². The summed E-state index contributed by atoms with van der Waals surface area (Å²) in [5.74, 6) is 0.947. The van der Waals surface area contributed by atoms with Crippen LogP contribution in [0.5, 0.6) is 5.75 Å². The molecule has 0 spiro atoms. The van der Waals surface area contributed by atoms with Gasteiger partial charge in [-0.2, -0.15) is 0 Å². The Kier molecular flexibility index (Phi) is 4.71. The third-order valence-electron chi connectivity index (χ3n) is 4.66. The molecule has 0 aliphatic carbocycles. The molecule has 0 fully saturated rings. The van der Waals surface area contributed by atoms with E-state index in [0.29, 0.717) is 5.82 Å². The number of hydrogen-bond donors (Lipinski definition) is 3. The van der Waals surface area contributed by atoms with Gasteiger partial charge in [-0.05, 0) is 49.8 Å². The van der Waals surface area contributed by atoms with Gasteiger partial charge in [0, 0.05) is 24.0 Å². The van der Waals surface area contributed by atoms with E-state index in [2.05, 4.69) is 63.5 Å². The molecule has 0 radical (unpaired) electrons. The molecule has 4 rings (SSSR count).